The Morgan fingerprint density at radius 2 is 1.82 bits per heavy atom. The summed E-state index contributed by atoms with van der Waals surface area (Å²) in [5, 5.41) is 0. The molecule has 0 saturated heterocycles. The molecule has 0 aliphatic carbocycles. The minimum Gasteiger partial charge on any atom is -0.360 e. The maximum atomic E-state index is 4.40. The van der Waals surface area contributed by atoms with Crippen molar-refractivity contribution >= 4 is 6.21 Å². The van der Waals surface area contributed by atoms with E-state index in [1.165, 1.54) is 16.7 Å². The Morgan fingerprint density at radius 1 is 1.18 bits per heavy atom. The molecule has 1 aliphatic heterocycles. The monoisotopic (exact) mass is 294 g/mol. The molecule has 0 aromatic heterocycles. The first-order valence-corrected chi connectivity index (χ1v) is 7.80. The molecule has 0 radical (unpaired) electrons. The number of aliphatic imine (C=N–C) groups is 1. The van der Waals surface area contributed by atoms with Crippen molar-refractivity contribution < 1.29 is 0 Å². The molecule has 116 valence electrons. The zero-order chi connectivity index (χ0) is 16.3. The molecule has 1 aromatic rings. The maximum Gasteiger partial charge on any atom is 0.0541 e. The number of fused-ring (bicyclic) bond motifs is 1. The number of rotatable bonds is 4. The SMILES string of the molecule is C=C(C)C1Cc2ccccc2CN1C(=C)/C(C)=C(C)/N=C\C. The predicted molar refractivity (Wildman–Crippen MR) is 96.0 cm³/mol. The lowest BCUT2D eigenvalue weighted by atomic mass is 9.89. The second-order valence-corrected chi connectivity index (χ2v) is 6.01. The summed E-state index contributed by atoms with van der Waals surface area (Å²) >= 11 is 0. The minimum atomic E-state index is 0.302. The van der Waals surface area contributed by atoms with Crippen LogP contribution in [0.5, 0.6) is 0 Å². The highest BCUT2D eigenvalue weighted by Gasteiger charge is 2.28. The van der Waals surface area contributed by atoms with Gasteiger partial charge in [-0.05, 0) is 50.8 Å². The van der Waals surface area contributed by atoms with Gasteiger partial charge in [0.15, 0.2) is 0 Å². The van der Waals surface area contributed by atoms with Gasteiger partial charge in [0.1, 0.15) is 0 Å². The van der Waals surface area contributed by atoms with E-state index < -0.39 is 0 Å². The molecule has 1 aromatic carbocycles. The zero-order valence-electron chi connectivity index (χ0n) is 14.2. The Hall–Kier alpha value is -2.09. The molecule has 1 atom stereocenters. The van der Waals surface area contributed by atoms with Gasteiger partial charge >= 0.3 is 0 Å². The second-order valence-electron chi connectivity index (χ2n) is 6.01. The summed E-state index contributed by atoms with van der Waals surface area (Å²) in [6.07, 6.45) is 2.82. The van der Waals surface area contributed by atoms with Gasteiger partial charge in [-0.15, -0.1) is 0 Å². The lowest BCUT2D eigenvalue weighted by Crippen LogP contribution is -2.40. The predicted octanol–water partition coefficient (Wildman–Crippen LogP) is 4.89. The van der Waals surface area contributed by atoms with E-state index in [0.717, 1.165) is 29.9 Å². The van der Waals surface area contributed by atoms with Crippen LogP contribution in [-0.4, -0.2) is 17.2 Å². The summed E-state index contributed by atoms with van der Waals surface area (Å²) in [5.74, 6) is 0. The van der Waals surface area contributed by atoms with E-state index in [2.05, 4.69) is 61.2 Å². The van der Waals surface area contributed by atoms with Crippen LogP contribution in [0.4, 0.5) is 0 Å². The van der Waals surface area contributed by atoms with Crippen LogP contribution in [0, 0.1) is 0 Å². The molecule has 0 saturated carbocycles. The average molecular weight is 294 g/mol. The summed E-state index contributed by atoms with van der Waals surface area (Å²) < 4.78 is 0. The number of hydrogen-bond acceptors (Lipinski definition) is 2. The fourth-order valence-corrected chi connectivity index (χ4v) is 2.96. The van der Waals surface area contributed by atoms with E-state index >= 15 is 0 Å². The lowest BCUT2D eigenvalue weighted by molar-refractivity contribution is 0.259. The first-order valence-electron chi connectivity index (χ1n) is 7.80. The normalized spacial score (nSPS) is 18.9. The first-order chi connectivity index (χ1) is 10.5. The van der Waals surface area contributed by atoms with Crippen LogP contribution in [0.1, 0.15) is 38.8 Å². The minimum absolute atomic E-state index is 0.302. The Labute approximate surface area is 134 Å². The molecule has 2 heteroatoms. The van der Waals surface area contributed by atoms with E-state index in [0.29, 0.717) is 6.04 Å². The molecule has 2 nitrogen and oxygen atoms in total. The Morgan fingerprint density at radius 3 is 2.41 bits per heavy atom. The maximum absolute atomic E-state index is 4.40. The first kappa shape index (κ1) is 16.3. The summed E-state index contributed by atoms with van der Waals surface area (Å²) in [5.41, 5.74) is 7.19. The highest BCUT2D eigenvalue weighted by atomic mass is 15.2. The molecule has 1 heterocycles. The molecule has 2 rings (SSSR count). The standard InChI is InChI=1S/C20H26N2/c1-7-21-16(5)15(4)17(6)22-13-19-11-9-8-10-18(19)12-20(22)14(2)3/h7-11,20H,2,6,12-13H2,1,3-5H3/b16-15+,21-7-. The van der Waals surface area contributed by atoms with Crippen LogP contribution in [-0.2, 0) is 13.0 Å². The van der Waals surface area contributed by atoms with Crippen LogP contribution in [0.25, 0.3) is 0 Å². The van der Waals surface area contributed by atoms with Gasteiger partial charge in [-0.2, -0.15) is 0 Å². The molecule has 1 aliphatic rings. The zero-order valence-corrected chi connectivity index (χ0v) is 14.2. The molecule has 22 heavy (non-hydrogen) atoms. The van der Waals surface area contributed by atoms with E-state index in [-0.39, 0.29) is 0 Å². The fourth-order valence-electron chi connectivity index (χ4n) is 2.96. The number of hydrogen-bond donors (Lipinski definition) is 0. The Kier molecular flexibility index (Phi) is 5.02. The van der Waals surface area contributed by atoms with Crippen molar-refractivity contribution in [3.8, 4) is 0 Å². The summed E-state index contributed by atoms with van der Waals surface area (Å²) in [4.78, 5) is 6.77. The Bertz CT molecular complexity index is 649. The molecular formula is C20H26N2. The molecular weight excluding hydrogens is 268 g/mol. The summed E-state index contributed by atoms with van der Waals surface area (Å²) in [6, 6.07) is 8.96. The van der Waals surface area contributed by atoms with Crippen LogP contribution >= 0.6 is 0 Å². The van der Waals surface area contributed by atoms with Gasteiger partial charge in [0.25, 0.3) is 0 Å². The van der Waals surface area contributed by atoms with Crippen LogP contribution in [0.2, 0.25) is 0 Å². The number of allylic oxidation sites excluding steroid dienone is 2. The molecule has 0 fully saturated rings. The smallest absolute Gasteiger partial charge is 0.0541 e. The summed E-state index contributed by atoms with van der Waals surface area (Å²) in [6.45, 7) is 17.6. The third-order valence-electron chi connectivity index (χ3n) is 4.46. The van der Waals surface area contributed by atoms with E-state index in [1.54, 1.807) is 0 Å². The van der Waals surface area contributed by atoms with Crippen molar-refractivity contribution in [2.75, 3.05) is 0 Å². The number of nitrogens with zero attached hydrogens (tertiary/aromatic N) is 2. The third-order valence-corrected chi connectivity index (χ3v) is 4.46. The van der Waals surface area contributed by atoms with Crippen molar-refractivity contribution in [2.24, 2.45) is 4.99 Å². The van der Waals surface area contributed by atoms with E-state index in [1.807, 2.05) is 20.1 Å². The van der Waals surface area contributed by atoms with Crippen molar-refractivity contribution in [1.82, 2.24) is 4.90 Å². The third kappa shape index (κ3) is 3.22. The van der Waals surface area contributed by atoms with E-state index in [9.17, 15) is 0 Å². The van der Waals surface area contributed by atoms with Gasteiger partial charge < -0.3 is 4.90 Å². The topological polar surface area (TPSA) is 15.6 Å². The van der Waals surface area contributed by atoms with Crippen molar-refractivity contribution in [3.05, 3.63) is 71.1 Å². The van der Waals surface area contributed by atoms with Crippen molar-refractivity contribution in [2.45, 2.75) is 46.7 Å². The van der Waals surface area contributed by atoms with Crippen molar-refractivity contribution in [1.29, 1.82) is 0 Å². The van der Waals surface area contributed by atoms with Gasteiger partial charge in [0.05, 0.1) is 6.04 Å². The largest absolute Gasteiger partial charge is 0.360 e. The van der Waals surface area contributed by atoms with Gasteiger partial charge in [-0.1, -0.05) is 43.0 Å². The average Bonchev–Trinajstić information content (AvgIpc) is 2.52. The lowest BCUT2D eigenvalue weighted by Gasteiger charge is -2.40. The highest BCUT2D eigenvalue weighted by Crippen LogP contribution is 2.32. The number of benzene rings is 1. The van der Waals surface area contributed by atoms with Gasteiger partial charge in [-0.3, -0.25) is 4.99 Å². The molecule has 0 bridgehead atoms. The van der Waals surface area contributed by atoms with E-state index in [4.69, 9.17) is 0 Å². The van der Waals surface area contributed by atoms with Crippen LogP contribution in [0.3, 0.4) is 0 Å². The van der Waals surface area contributed by atoms with Gasteiger partial charge in [0, 0.05) is 24.2 Å². The quantitative estimate of drug-likeness (QED) is 0.438. The van der Waals surface area contributed by atoms with Gasteiger partial charge in [-0.25, -0.2) is 0 Å². The Balaban J connectivity index is 2.38. The second kappa shape index (κ2) is 6.78. The van der Waals surface area contributed by atoms with Crippen LogP contribution < -0.4 is 0 Å². The fraction of sp³-hybridized carbons (Fsp3) is 0.350. The van der Waals surface area contributed by atoms with Crippen molar-refractivity contribution in [3.63, 3.8) is 0 Å². The molecule has 0 N–H and O–H groups in total. The summed E-state index contributed by atoms with van der Waals surface area (Å²) in [7, 11) is 0. The molecule has 0 spiro atoms. The molecule has 0 amide bonds. The highest BCUT2D eigenvalue weighted by molar-refractivity contribution is 5.56. The van der Waals surface area contributed by atoms with Crippen LogP contribution in [0.15, 0.2) is 65.0 Å². The molecule has 1 unspecified atom stereocenters. The van der Waals surface area contributed by atoms with Gasteiger partial charge in [0.2, 0.25) is 0 Å².